The maximum absolute atomic E-state index is 11.3. The van der Waals surface area contributed by atoms with E-state index in [1.807, 2.05) is 22.9 Å². The Kier molecular flexibility index (Phi) is 3.51. The van der Waals surface area contributed by atoms with Crippen LogP contribution in [0.2, 0.25) is 0 Å². The number of anilines is 1. The van der Waals surface area contributed by atoms with Gasteiger partial charge in [0.05, 0.1) is 6.33 Å². The van der Waals surface area contributed by atoms with Crippen molar-refractivity contribution in [2.45, 2.75) is 25.8 Å². The van der Waals surface area contributed by atoms with Gasteiger partial charge in [0.25, 0.3) is 0 Å². The predicted octanol–water partition coefficient (Wildman–Crippen LogP) is 2.21. The van der Waals surface area contributed by atoms with Gasteiger partial charge in [-0.15, -0.1) is 0 Å². The van der Waals surface area contributed by atoms with Crippen molar-refractivity contribution < 1.29 is 4.79 Å². The van der Waals surface area contributed by atoms with Gasteiger partial charge in [0.2, 0.25) is 5.91 Å². The number of fused-ring (bicyclic) bond motifs is 1. The molecule has 100 valence electrons. The third-order valence-corrected chi connectivity index (χ3v) is 3.29. The summed E-state index contributed by atoms with van der Waals surface area (Å²) in [5.74, 6) is 6.44. The van der Waals surface area contributed by atoms with E-state index in [1.165, 1.54) is 5.56 Å². The number of hydrogen-bond donors (Lipinski definition) is 1. The van der Waals surface area contributed by atoms with Crippen LogP contribution < -0.4 is 5.32 Å². The van der Waals surface area contributed by atoms with Crippen molar-refractivity contribution in [3.8, 4) is 11.8 Å². The lowest BCUT2D eigenvalue weighted by Gasteiger charge is -2.16. The smallest absolute Gasteiger partial charge is 0.224 e. The first-order chi connectivity index (χ1) is 9.81. The van der Waals surface area contributed by atoms with Crippen molar-refractivity contribution >= 4 is 11.6 Å². The van der Waals surface area contributed by atoms with Crippen LogP contribution in [-0.4, -0.2) is 15.5 Å². The molecule has 0 spiro atoms. The number of nitrogens with one attached hydrogen (secondary N) is 1. The maximum atomic E-state index is 11.3. The summed E-state index contributed by atoms with van der Waals surface area (Å²) in [5.41, 5.74) is 3.10. The maximum Gasteiger partial charge on any atom is 0.224 e. The van der Waals surface area contributed by atoms with Crippen LogP contribution in [0.5, 0.6) is 0 Å². The Hall–Kier alpha value is -2.54. The number of nitrogens with zero attached hydrogens (tertiary/aromatic N) is 2. The van der Waals surface area contributed by atoms with Crippen molar-refractivity contribution in [1.29, 1.82) is 0 Å². The van der Waals surface area contributed by atoms with Crippen molar-refractivity contribution in [3.63, 3.8) is 0 Å². The van der Waals surface area contributed by atoms with Gasteiger partial charge >= 0.3 is 0 Å². The number of rotatable bonds is 2. The highest BCUT2D eigenvalue weighted by Crippen LogP contribution is 2.23. The van der Waals surface area contributed by atoms with Crippen molar-refractivity contribution in [3.05, 3.63) is 48.0 Å². The molecule has 0 radical (unpaired) electrons. The van der Waals surface area contributed by atoms with Gasteiger partial charge < -0.3 is 9.88 Å². The molecule has 4 nitrogen and oxygen atoms in total. The first kappa shape index (κ1) is 12.5. The molecule has 0 bridgehead atoms. The number of carbonyl (C=O) groups is 1. The number of aryl methyl sites for hydroxylation is 2. The highest BCUT2D eigenvalue weighted by atomic mass is 16.1. The van der Waals surface area contributed by atoms with Gasteiger partial charge in [0.15, 0.2) is 0 Å². The topological polar surface area (TPSA) is 46.9 Å². The van der Waals surface area contributed by atoms with Crippen LogP contribution in [0.3, 0.4) is 0 Å². The van der Waals surface area contributed by atoms with Crippen LogP contribution in [-0.2, 0) is 17.8 Å². The fraction of sp³-hybridized carbons (Fsp3) is 0.250. The summed E-state index contributed by atoms with van der Waals surface area (Å²) in [5, 5.41) is 2.88. The van der Waals surface area contributed by atoms with Gasteiger partial charge in [-0.3, -0.25) is 4.79 Å². The minimum absolute atomic E-state index is 0.0941. The number of imidazole rings is 1. The van der Waals surface area contributed by atoms with E-state index >= 15 is 0 Å². The summed E-state index contributed by atoms with van der Waals surface area (Å²) in [6, 6.07) is 5.96. The zero-order valence-corrected chi connectivity index (χ0v) is 11.1. The Morgan fingerprint density at radius 1 is 1.35 bits per heavy atom. The molecule has 0 atom stereocenters. The lowest BCUT2D eigenvalue weighted by Crippen LogP contribution is -2.18. The fourth-order valence-corrected chi connectivity index (χ4v) is 2.23. The van der Waals surface area contributed by atoms with E-state index in [0.29, 0.717) is 6.42 Å². The number of benzene rings is 1. The summed E-state index contributed by atoms with van der Waals surface area (Å²) >= 11 is 0. The van der Waals surface area contributed by atoms with E-state index in [4.69, 9.17) is 0 Å². The molecule has 1 N–H and O–H groups in total. The molecule has 1 aromatic heterocycles. The van der Waals surface area contributed by atoms with Gasteiger partial charge in [-0.1, -0.05) is 11.8 Å². The van der Waals surface area contributed by atoms with E-state index in [9.17, 15) is 4.79 Å². The molecule has 0 saturated heterocycles. The zero-order valence-electron chi connectivity index (χ0n) is 11.1. The molecule has 1 aliphatic rings. The van der Waals surface area contributed by atoms with Crippen LogP contribution in [0.15, 0.2) is 36.9 Å². The minimum Gasteiger partial charge on any atom is -0.337 e. The van der Waals surface area contributed by atoms with Gasteiger partial charge in [-0.05, 0) is 30.2 Å². The molecular formula is C16H15N3O. The van der Waals surface area contributed by atoms with E-state index in [1.54, 1.807) is 12.5 Å². The normalized spacial score (nSPS) is 13.1. The first-order valence-corrected chi connectivity index (χ1v) is 6.69. The highest BCUT2D eigenvalue weighted by molar-refractivity contribution is 5.93. The molecule has 1 aromatic carbocycles. The molecule has 20 heavy (non-hydrogen) atoms. The lowest BCUT2D eigenvalue weighted by atomic mass is 10.0. The Balaban J connectivity index is 1.65. The monoisotopic (exact) mass is 265 g/mol. The summed E-state index contributed by atoms with van der Waals surface area (Å²) in [6.07, 6.45) is 7.65. The summed E-state index contributed by atoms with van der Waals surface area (Å²) in [6.45, 7) is 0.855. The van der Waals surface area contributed by atoms with Crippen LogP contribution in [0.25, 0.3) is 0 Å². The Morgan fingerprint density at radius 2 is 2.30 bits per heavy atom. The predicted molar refractivity (Wildman–Crippen MR) is 77.1 cm³/mol. The summed E-state index contributed by atoms with van der Waals surface area (Å²) in [7, 11) is 0. The number of amides is 1. The summed E-state index contributed by atoms with van der Waals surface area (Å²) < 4.78 is 2.01. The third-order valence-electron chi connectivity index (χ3n) is 3.29. The lowest BCUT2D eigenvalue weighted by molar-refractivity contribution is -0.116. The van der Waals surface area contributed by atoms with Crippen LogP contribution in [0.1, 0.15) is 24.0 Å². The minimum atomic E-state index is 0.0941. The van der Waals surface area contributed by atoms with Crippen LogP contribution >= 0.6 is 0 Å². The SMILES string of the molecule is O=C1CCc2cc(C#CCCn3ccnc3)ccc2N1. The quantitative estimate of drug-likeness (QED) is 0.846. The molecule has 0 fully saturated rings. The van der Waals surface area contributed by atoms with Crippen molar-refractivity contribution in [2.75, 3.05) is 5.32 Å². The average molecular weight is 265 g/mol. The molecule has 2 aromatic rings. The van der Waals surface area contributed by atoms with E-state index < -0.39 is 0 Å². The Labute approximate surface area is 117 Å². The van der Waals surface area contributed by atoms with E-state index in [0.717, 1.165) is 30.6 Å². The van der Waals surface area contributed by atoms with Crippen molar-refractivity contribution in [1.82, 2.24) is 9.55 Å². The van der Waals surface area contributed by atoms with Crippen molar-refractivity contribution in [2.24, 2.45) is 0 Å². The van der Waals surface area contributed by atoms with Gasteiger partial charge in [-0.2, -0.15) is 0 Å². The van der Waals surface area contributed by atoms with E-state index in [-0.39, 0.29) is 5.91 Å². The second kappa shape index (κ2) is 5.62. The molecule has 4 heteroatoms. The molecule has 3 rings (SSSR count). The largest absolute Gasteiger partial charge is 0.337 e. The van der Waals surface area contributed by atoms with Gasteiger partial charge in [0, 0.05) is 43.0 Å². The third kappa shape index (κ3) is 2.89. The average Bonchev–Trinajstić information content (AvgIpc) is 2.97. The van der Waals surface area contributed by atoms with Crippen LogP contribution in [0, 0.1) is 11.8 Å². The zero-order chi connectivity index (χ0) is 13.8. The standard InChI is InChI=1S/C16H15N3O/c20-16-7-5-14-11-13(4-6-15(14)18-16)3-1-2-9-19-10-8-17-12-19/h4,6,8,10-12H,2,5,7,9H2,(H,18,20). The molecule has 0 saturated carbocycles. The molecular weight excluding hydrogens is 250 g/mol. The second-order valence-electron chi connectivity index (χ2n) is 4.77. The van der Waals surface area contributed by atoms with Gasteiger partial charge in [0.1, 0.15) is 0 Å². The fourth-order valence-electron chi connectivity index (χ4n) is 2.23. The molecule has 2 heterocycles. The Morgan fingerprint density at radius 3 is 3.15 bits per heavy atom. The molecule has 1 amide bonds. The number of aromatic nitrogens is 2. The van der Waals surface area contributed by atoms with Crippen LogP contribution in [0.4, 0.5) is 5.69 Å². The second-order valence-corrected chi connectivity index (χ2v) is 4.77. The summed E-state index contributed by atoms with van der Waals surface area (Å²) in [4.78, 5) is 15.3. The number of hydrogen-bond acceptors (Lipinski definition) is 2. The molecule has 0 aliphatic carbocycles. The van der Waals surface area contributed by atoms with E-state index in [2.05, 4.69) is 28.2 Å². The molecule has 1 aliphatic heterocycles. The first-order valence-electron chi connectivity index (χ1n) is 6.69. The highest BCUT2D eigenvalue weighted by Gasteiger charge is 2.13. The molecule has 0 unspecified atom stereocenters. The van der Waals surface area contributed by atoms with Gasteiger partial charge in [-0.25, -0.2) is 4.98 Å². The number of carbonyl (C=O) groups excluding carboxylic acids is 1. The Bertz CT molecular complexity index is 677.